The molecular formula is C21H33N5O. The first-order valence-corrected chi connectivity index (χ1v) is 10.1. The van der Waals surface area contributed by atoms with Gasteiger partial charge in [-0.25, -0.2) is 0 Å². The lowest BCUT2D eigenvalue weighted by Gasteiger charge is -2.35. The number of hydrogen-bond donors (Lipinski definition) is 2. The summed E-state index contributed by atoms with van der Waals surface area (Å²) in [6.07, 6.45) is 3.02. The van der Waals surface area contributed by atoms with E-state index in [0.29, 0.717) is 24.9 Å². The first kappa shape index (κ1) is 19.7. The predicted molar refractivity (Wildman–Crippen MR) is 111 cm³/mol. The Bertz CT molecular complexity index is 645. The maximum Gasteiger partial charge on any atom is 0.229 e. The van der Waals surface area contributed by atoms with Crippen LogP contribution in [0.2, 0.25) is 0 Å². The zero-order valence-corrected chi connectivity index (χ0v) is 16.8. The molecule has 0 aromatic heterocycles. The molecule has 2 unspecified atom stereocenters. The fraction of sp³-hybridized carbons (Fsp3) is 0.619. The lowest BCUT2D eigenvalue weighted by atomic mass is 9.97. The molecule has 0 bridgehead atoms. The van der Waals surface area contributed by atoms with Crippen molar-refractivity contribution in [2.24, 2.45) is 10.9 Å². The van der Waals surface area contributed by atoms with Gasteiger partial charge in [-0.05, 0) is 51.3 Å². The number of benzene rings is 1. The minimum atomic E-state index is 0.0856. The largest absolute Gasteiger partial charge is 0.356 e. The fourth-order valence-electron chi connectivity index (χ4n) is 4.02. The normalized spacial score (nSPS) is 24.5. The van der Waals surface area contributed by atoms with Crippen LogP contribution in [0.3, 0.4) is 0 Å². The lowest BCUT2D eigenvalue weighted by Crippen LogP contribution is -2.48. The zero-order chi connectivity index (χ0) is 19.2. The van der Waals surface area contributed by atoms with E-state index < -0.39 is 0 Å². The molecule has 6 nitrogen and oxygen atoms in total. The standard InChI is InChI=1S/C21H33N5O/c1-16(2)25-11-7-8-17(14-25)13-23-21(22-3)24-18-12-20(27)26(15-18)19-9-5-4-6-10-19/h4-6,9-10,16-18H,7-8,11-15H2,1-3H3,(H2,22,23,24). The number of anilines is 1. The lowest BCUT2D eigenvalue weighted by molar-refractivity contribution is -0.117. The first-order valence-electron chi connectivity index (χ1n) is 10.1. The van der Waals surface area contributed by atoms with Crippen LogP contribution in [-0.2, 0) is 4.79 Å². The topological polar surface area (TPSA) is 60.0 Å². The highest BCUT2D eigenvalue weighted by atomic mass is 16.2. The summed E-state index contributed by atoms with van der Waals surface area (Å²) in [5, 5.41) is 6.91. The van der Waals surface area contributed by atoms with Crippen molar-refractivity contribution in [2.45, 2.75) is 45.2 Å². The van der Waals surface area contributed by atoms with Crippen LogP contribution in [0.25, 0.3) is 0 Å². The van der Waals surface area contributed by atoms with Crippen LogP contribution < -0.4 is 15.5 Å². The van der Waals surface area contributed by atoms with Crippen molar-refractivity contribution in [1.82, 2.24) is 15.5 Å². The molecule has 6 heteroatoms. The smallest absolute Gasteiger partial charge is 0.229 e. The molecule has 2 atom stereocenters. The average Bonchev–Trinajstić information content (AvgIpc) is 3.06. The summed E-state index contributed by atoms with van der Waals surface area (Å²) in [6, 6.07) is 10.6. The third-order valence-corrected chi connectivity index (χ3v) is 5.60. The molecule has 2 saturated heterocycles. The highest BCUT2D eigenvalue weighted by Crippen LogP contribution is 2.21. The molecule has 1 amide bonds. The number of piperidine rings is 1. The van der Waals surface area contributed by atoms with Crippen LogP contribution in [0.15, 0.2) is 35.3 Å². The maximum absolute atomic E-state index is 12.4. The Hall–Kier alpha value is -2.08. The summed E-state index contributed by atoms with van der Waals surface area (Å²) in [5.74, 6) is 1.60. The van der Waals surface area contributed by atoms with Gasteiger partial charge < -0.3 is 20.4 Å². The number of rotatable bonds is 5. The van der Waals surface area contributed by atoms with Gasteiger partial charge in [0.1, 0.15) is 0 Å². The van der Waals surface area contributed by atoms with Gasteiger partial charge in [0.05, 0.1) is 6.04 Å². The van der Waals surface area contributed by atoms with E-state index in [1.54, 1.807) is 7.05 Å². The van der Waals surface area contributed by atoms with Gasteiger partial charge in [-0.15, -0.1) is 0 Å². The van der Waals surface area contributed by atoms with Crippen molar-refractivity contribution in [1.29, 1.82) is 0 Å². The molecule has 2 aliphatic rings. The molecule has 0 spiro atoms. The quantitative estimate of drug-likeness (QED) is 0.615. The highest BCUT2D eigenvalue weighted by Gasteiger charge is 2.31. The van der Waals surface area contributed by atoms with E-state index in [2.05, 4.69) is 34.4 Å². The number of amides is 1. The van der Waals surface area contributed by atoms with Crippen LogP contribution in [0.4, 0.5) is 5.69 Å². The molecule has 2 aliphatic heterocycles. The van der Waals surface area contributed by atoms with Crippen molar-refractivity contribution in [3.8, 4) is 0 Å². The van der Waals surface area contributed by atoms with E-state index in [4.69, 9.17) is 0 Å². The molecule has 2 heterocycles. The Labute approximate surface area is 163 Å². The Kier molecular flexibility index (Phi) is 6.72. The molecule has 148 valence electrons. The first-order chi connectivity index (χ1) is 13.1. The zero-order valence-electron chi connectivity index (χ0n) is 16.8. The van der Waals surface area contributed by atoms with Crippen molar-refractivity contribution >= 4 is 17.6 Å². The van der Waals surface area contributed by atoms with Crippen LogP contribution >= 0.6 is 0 Å². The molecule has 0 aliphatic carbocycles. The number of nitrogens with one attached hydrogen (secondary N) is 2. The van der Waals surface area contributed by atoms with Crippen LogP contribution in [0.1, 0.15) is 33.1 Å². The van der Waals surface area contributed by atoms with E-state index in [-0.39, 0.29) is 11.9 Å². The van der Waals surface area contributed by atoms with Gasteiger partial charge in [0, 0.05) is 44.8 Å². The van der Waals surface area contributed by atoms with Gasteiger partial charge in [-0.2, -0.15) is 0 Å². The summed E-state index contributed by atoms with van der Waals surface area (Å²) < 4.78 is 0. The van der Waals surface area contributed by atoms with Gasteiger partial charge >= 0.3 is 0 Å². The van der Waals surface area contributed by atoms with Crippen LogP contribution in [0.5, 0.6) is 0 Å². The van der Waals surface area contributed by atoms with Gasteiger partial charge in [-0.1, -0.05) is 18.2 Å². The van der Waals surface area contributed by atoms with Crippen molar-refractivity contribution in [3.05, 3.63) is 30.3 Å². The van der Waals surface area contributed by atoms with Gasteiger partial charge in [0.2, 0.25) is 5.91 Å². The summed E-state index contributed by atoms with van der Waals surface area (Å²) >= 11 is 0. The second kappa shape index (κ2) is 9.22. The van der Waals surface area contributed by atoms with Gasteiger partial charge in [-0.3, -0.25) is 9.79 Å². The van der Waals surface area contributed by atoms with Gasteiger partial charge in [0.25, 0.3) is 0 Å². The van der Waals surface area contributed by atoms with E-state index >= 15 is 0 Å². The van der Waals surface area contributed by atoms with E-state index in [1.165, 1.54) is 19.4 Å². The summed E-state index contributed by atoms with van der Waals surface area (Å²) in [4.78, 5) is 21.2. The SMILES string of the molecule is CN=C(NCC1CCCN(C(C)C)C1)NC1CC(=O)N(c2ccccc2)C1. The third kappa shape index (κ3) is 5.22. The third-order valence-electron chi connectivity index (χ3n) is 5.60. The minimum absolute atomic E-state index is 0.0856. The number of carbonyl (C=O) groups is 1. The maximum atomic E-state index is 12.4. The number of para-hydroxylation sites is 1. The monoisotopic (exact) mass is 371 g/mol. The minimum Gasteiger partial charge on any atom is -0.356 e. The number of nitrogens with zero attached hydrogens (tertiary/aromatic N) is 3. The summed E-state index contributed by atoms with van der Waals surface area (Å²) in [6.45, 7) is 8.49. The Morgan fingerprint density at radius 2 is 2.04 bits per heavy atom. The second-order valence-electron chi connectivity index (χ2n) is 7.94. The summed E-state index contributed by atoms with van der Waals surface area (Å²) in [7, 11) is 1.79. The van der Waals surface area contributed by atoms with Gasteiger partial charge in [0.15, 0.2) is 5.96 Å². The van der Waals surface area contributed by atoms with Crippen LogP contribution in [-0.4, -0.2) is 62.1 Å². The number of likely N-dealkylation sites (tertiary alicyclic amines) is 1. The number of guanidine groups is 1. The van der Waals surface area contributed by atoms with Crippen molar-refractivity contribution in [3.63, 3.8) is 0 Å². The summed E-state index contributed by atoms with van der Waals surface area (Å²) in [5.41, 5.74) is 0.964. The number of aliphatic imine (C=N–C) groups is 1. The number of carbonyl (C=O) groups excluding carboxylic acids is 1. The molecular weight excluding hydrogens is 338 g/mol. The number of hydrogen-bond acceptors (Lipinski definition) is 3. The van der Waals surface area contributed by atoms with E-state index in [1.807, 2.05) is 35.2 Å². The van der Waals surface area contributed by atoms with Crippen molar-refractivity contribution < 1.29 is 4.79 Å². The fourth-order valence-corrected chi connectivity index (χ4v) is 4.02. The Morgan fingerprint density at radius 3 is 2.74 bits per heavy atom. The Balaban J connectivity index is 1.49. The molecule has 0 radical (unpaired) electrons. The van der Waals surface area contributed by atoms with E-state index in [0.717, 1.165) is 24.7 Å². The molecule has 27 heavy (non-hydrogen) atoms. The molecule has 2 N–H and O–H groups in total. The Morgan fingerprint density at radius 1 is 1.26 bits per heavy atom. The molecule has 1 aromatic carbocycles. The second-order valence-corrected chi connectivity index (χ2v) is 7.94. The molecule has 0 saturated carbocycles. The molecule has 2 fully saturated rings. The predicted octanol–water partition coefficient (Wildman–Crippen LogP) is 2.08. The van der Waals surface area contributed by atoms with E-state index in [9.17, 15) is 4.79 Å². The molecule has 3 rings (SSSR count). The van der Waals surface area contributed by atoms with Crippen LogP contribution in [0, 0.1) is 5.92 Å². The average molecular weight is 372 g/mol. The highest BCUT2D eigenvalue weighted by molar-refractivity contribution is 5.97. The molecule has 1 aromatic rings. The van der Waals surface area contributed by atoms with Crippen molar-refractivity contribution in [2.75, 3.05) is 38.1 Å².